The molecule has 3 aromatic rings. The molecule has 10 nitrogen and oxygen atoms in total. The predicted molar refractivity (Wildman–Crippen MR) is 160 cm³/mol. The summed E-state index contributed by atoms with van der Waals surface area (Å²) in [5.74, 6) is -0.806. The molecule has 1 saturated heterocycles. The minimum atomic E-state index is -0.748. The Morgan fingerprint density at radius 1 is 0.977 bits per heavy atom. The van der Waals surface area contributed by atoms with Gasteiger partial charge < -0.3 is 25.0 Å². The van der Waals surface area contributed by atoms with E-state index >= 15 is 0 Å². The van der Waals surface area contributed by atoms with Gasteiger partial charge in [-0.05, 0) is 65.9 Å². The van der Waals surface area contributed by atoms with Crippen molar-refractivity contribution in [2.75, 3.05) is 25.0 Å². The van der Waals surface area contributed by atoms with Gasteiger partial charge in [0.15, 0.2) is 0 Å². The smallest absolute Gasteiger partial charge is 0.407 e. The molecular formula is C32H33ClN4O6. The highest BCUT2D eigenvalue weighted by atomic mass is 35.5. The average molecular weight is 605 g/mol. The second-order valence-corrected chi connectivity index (χ2v) is 10.9. The lowest BCUT2D eigenvalue weighted by atomic mass is 10.1. The number of amides is 3. The summed E-state index contributed by atoms with van der Waals surface area (Å²) in [6.07, 6.45) is 1.20. The molecular weight excluding hydrogens is 572 g/mol. The number of rotatable bonds is 10. The number of nitrogens with zero attached hydrogens (tertiary/aromatic N) is 2. The van der Waals surface area contributed by atoms with Crippen LogP contribution in [0.15, 0.2) is 72.8 Å². The molecule has 224 valence electrons. The Morgan fingerprint density at radius 2 is 1.67 bits per heavy atom. The van der Waals surface area contributed by atoms with E-state index in [1.165, 1.54) is 7.05 Å². The van der Waals surface area contributed by atoms with Gasteiger partial charge in [-0.15, -0.1) is 0 Å². The Morgan fingerprint density at radius 3 is 2.37 bits per heavy atom. The summed E-state index contributed by atoms with van der Waals surface area (Å²) in [7, 11) is 1.49. The van der Waals surface area contributed by atoms with E-state index in [1.54, 1.807) is 70.5 Å². The van der Waals surface area contributed by atoms with Gasteiger partial charge >= 0.3 is 12.1 Å². The molecule has 1 atom stereocenters. The maximum Gasteiger partial charge on any atom is 0.407 e. The predicted octanol–water partition coefficient (Wildman–Crippen LogP) is 4.05. The first-order valence-corrected chi connectivity index (χ1v) is 14.5. The zero-order chi connectivity index (χ0) is 30.3. The van der Waals surface area contributed by atoms with Gasteiger partial charge in [0.05, 0.1) is 12.1 Å². The monoisotopic (exact) mass is 604 g/mol. The summed E-state index contributed by atoms with van der Waals surface area (Å²) < 4.78 is 10.6. The summed E-state index contributed by atoms with van der Waals surface area (Å²) in [4.78, 5) is 54.3. The summed E-state index contributed by atoms with van der Waals surface area (Å²) in [5.41, 5.74) is 3.29. The number of hydrogen-bond donors (Lipinski definition) is 2. The maximum atomic E-state index is 14.1. The molecule has 43 heavy (non-hydrogen) atoms. The number of carbonyl (C=O) groups is 4. The second-order valence-electron chi connectivity index (χ2n) is 10.5. The molecule has 0 bridgehead atoms. The van der Waals surface area contributed by atoms with Crippen LogP contribution >= 0.6 is 11.6 Å². The third-order valence-electron chi connectivity index (χ3n) is 7.37. The van der Waals surface area contributed by atoms with Crippen molar-refractivity contribution in [3.05, 3.63) is 100 Å². The Labute approximate surface area is 254 Å². The molecule has 3 aromatic carbocycles. The van der Waals surface area contributed by atoms with Crippen molar-refractivity contribution in [3.63, 3.8) is 0 Å². The quantitative estimate of drug-likeness (QED) is 0.335. The first kappa shape index (κ1) is 30.1. The highest BCUT2D eigenvalue weighted by Gasteiger charge is 2.41. The van der Waals surface area contributed by atoms with Crippen LogP contribution in [0.1, 0.15) is 39.9 Å². The highest BCUT2D eigenvalue weighted by molar-refractivity contribution is 6.31. The first-order valence-electron chi connectivity index (χ1n) is 14.1. The standard InChI is InChI=1S/C32H33ClN4O6/c1-34-32(41)43-20-22-9-14-27(33)24(15-22)18-36(25-12-13-25)30(39)28-16-35-17-29(38)37(28)26-10-7-21(8-11-26)19-42-31(40)23-5-3-2-4-6-23/h2-11,14-15,25,28,35H,12-13,16-20H2,1H3,(H,34,41)/t28-/m1/s1. The SMILES string of the molecule is CNC(=O)OCc1ccc(Cl)c(CN(C(=O)[C@H]2CNCC(=O)N2c2ccc(COC(=O)c3ccccc3)cc2)C2CC2)c1. The number of nitrogens with one attached hydrogen (secondary N) is 2. The lowest BCUT2D eigenvalue weighted by Gasteiger charge is -2.38. The van der Waals surface area contributed by atoms with Crippen LogP contribution in [0.25, 0.3) is 0 Å². The molecule has 2 N–H and O–H groups in total. The van der Waals surface area contributed by atoms with Crippen molar-refractivity contribution in [2.24, 2.45) is 0 Å². The number of carbonyl (C=O) groups excluding carboxylic acids is 4. The molecule has 5 rings (SSSR count). The van der Waals surface area contributed by atoms with Crippen molar-refractivity contribution in [3.8, 4) is 0 Å². The Balaban J connectivity index is 1.29. The lowest BCUT2D eigenvalue weighted by Crippen LogP contribution is -2.61. The molecule has 0 aromatic heterocycles. The second kappa shape index (κ2) is 13.7. The van der Waals surface area contributed by atoms with Gasteiger partial charge in [-0.25, -0.2) is 9.59 Å². The van der Waals surface area contributed by atoms with Crippen molar-refractivity contribution in [1.82, 2.24) is 15.5 Å². The fourth-order valence-corrected chi connectivity index (χ4v) is 5.13. The van der Waals surface area contributed by atoms with Crippen LogP contribution in [0.5, 0.6) is 0 Å². The van der Waals surface area contributed by atoms with Crippen LogP contribution in [0.2, 0.25) is 5.02 Å². The Hall–Kier alpha value is -4.41. The Kier molecular flexibility index (Phi) is 9.58. The molecule has 0 spiro atoms. The van der Waals surface area contributed by atoms with Gasteiger partial charge in [-0.2, -0.15) is 0 Å². The van der Waals surface area contributed by atoms with Crippen LogP contribution in [0.4, 0.5) is 10.5 Å². The van der Waals surface area contributed by atoms with Crippen LogP contribution in [-0.2, 0) is 38.8 Å². The van der Waals surface area contributed by atoms with Crippen LogP contribution in [0.3, 0.4) is 0 Å². The van der Waals surface area contributed by atoms with E-state index in [2.05, 4.69) is 10.6 Å². The number of ether oxygens (including phenoxy) is 2. The number of halogens is 1. The molecule has 1 aliphatic heterocycles. The number of anilines is 1. The fraction of sp³-hybridized carbons (Fsp3) is 0.312. The molecule has 1 heterocycles. The zero-order valence-electron chi connectivity index (χ0n) is 23.8. The van der Waals surface area contributed by atoms with Crippen molar-refractivity contribution in [1.29, 1.82) is 0 Å². The van der Waals surface area contributed by atoms with E-state index < -0.39 is 18.1 Å². The van der Waals surface area contributed by atoms with E-state index in [0.717, 1.165) is 29.5 Å². The van der Waals surface area contributed by atoms with Crippen LogP contribution in [-0.4, -0.2) is 61.0 Å². The molecule has 2 fully saturated rings. The topological polar surface area (TPSA) is 117 Å². The molecule has 3 amide bonds. The third kappa shape index (κ3) is 7.52. The zero-order valence-corrected chi connectivity index (χ0v) is 24.5. The van der Waals surface area contributed by atoms with E-state index in [1.807, 2.05) is 12.1 Å². The number of benzene rings is 3. The molecule has 2 aliphatic rings. The molecule has 1 saturated carbocycles. The van der Waals surface area contributed by atoms with E-state index in [4.69, 9.17) is 21.1 Å². The summed E-state index contributed by atoms with van der Waals surface area (Å²) in [5, 5.41) is 5.99. The lowest BCUT2D eigenvalue weighted by molar-refractivity contribution is -0.136. The molecule has 0 unspecified atom stereocenters. The van der Waals surface area contributed by atoms with Crippen LogP contribution in [0, 0.1) is 0 Å². The third-order valence-corrected chi connectivity index (χ3v) is 7.74. The number of hydrogen-bond acceptors (Lipinski definition) is 7. The normalized spacial score (nSPS) is 16.4. The van der Waals surface area contributed by atoms with Gasteiger partial charge in [-0.3, -0.25) is 14.5 Å². The number of alkyl carbamates (subject to hydrolysis) is 1. The fourth-order valence-electron chi connectivity index (χ4n) is 4.96. The first-order chi connectivity index (χ1) is 20.8. The van der Waals surface area contributed by atoms with Gasteiger partial charge in [0.2, 0.25) is 11.8 Å². The van der Waals surface area contributed by atoms with E-state index in [-0.39, 0.29) is 44.2 Å². The van der Waals surface area contributed by atoms with Gasteiger partial charge in [0.1, 0.15) is 19.3 Å². The Bertz CT molecular complexity index is 1480. The molecule has 11 heteroatoms. The van der Waals surface area contributed by atoms with Gasteiger partial charge in [-0.1, -0.05) is 48.0 Å². The van der Waals surface area contributed by atoms with E-state index in [0.29, 0.717) is 22.8 Å². The summed E-state index contributed by atoms with van der Waals surface area (Å²) in [6.45, 7) is 0.827. The molecule has 0 radical (unpaired) electrons. The van der Waals surface area contributed by atoms with Crippen molar-refractivity contribution < 1.29 is 28.7 Å². The van der Waals surface area contributed by atoms with E-state index in [9.17, 15) is 19.2 Å². The maximum absolute atomic E-state index is 14.1. The van der Waals surface area contributed by atoms with Gasteiger partial charge in [0.25, 0.3) is 0 Å². The average Bonchev–Trinajstić information content (AvgIpc) is 3.88. The minimum absolute atomic E-state index is 0.0508. The number of esters is 1. The summed E-state index contributed by atoms with van der Waals surface area (Å²) >= 11 is 6.52. The number of piperazine rings is 1. The van der Waals surface area contributed by atoms with Gasteiger partial charge in [0, 0.05) is 36.9 Å². The summed E-state index contributed by atoms with van der Waals surface area (Å²) in [6, 6.07) is 20.5. The minimum Gasteiger partial charge on any atom is -0.457 e. The van der Waals surface area contributed by atoms with Crippen molar-refractivity contribution in [2.45, 2.75) is 44.7 Å². The van der Waals surface area contributed by atoms with Crippen molar-refractivity contribution >= 4 is 41.2 Å². The largest absolute Gasteiger partial charge is 0.457 e. The molecule has 1 aliphatic carbocycles. The highest BCUT2D eigenvalue weighted by Crippen LogP contribution is 2.32. The van der Waals surface area contributed by atoms with Crippen LogP contribution < -0.4 is 15.5 Å².